The molecule has 0 aromatic heterocycles. The minimum atomic E-state index is -0.110. The van der Waals surface area contributed by atoms with Crippen LogP contribution in [0.2, 0.25) is 0 Å². The minimum Gasteiger partial charge on any atom is -0.506 e. The summed E-state index contributed by atoms with van der Waals surface area (Å²) >= 11 is 13.4. The summed E-state index contributed by atoms with van der Waals surface area (Å²) < 4.78 is 2.89. The van der Waals surface area contributed by atoms with Crippen LogP contribution < -0.4 is 0 Å². The lowest BCUT2D eigenvalue weighted by molar-refractivity contribution is 0.470. The molecular formula is C18H16Br4N2O2. The smallest absolute Gasteiger partial charge is 0.138 e. The van der Waals surface area contributed by atoms with Gasteiger partial charge in [-0.25, -0.2) is 0 Å². The topological polar surface area (TPSA) is 65.2 Å². The maximum atomic E-state index is 10.1. The highest BCUT2D eigenvalue weighted by Crippen LogP contribution is 2.31. The average molecular weight is 612 g/mol. The molecule has 138 valence electrons. The highest BCUT2D eigenvalue weighted by Gasteiger charge is 2.11. The third-order valence-corrected chi connectivity index (χ3v) is 5.84. The zero-order valence-corrected chi connectivity index (χ0v) is 20.3. The number of rotatable bonds is 5. The Morgan fingerprint density at radius 1 is 0.731 bits per heavy atom. The van der Waals surface area contributed by atoms with Crippen LogP contribution >= 0.6 is 63.7 Å². The van der Waals surface area contributed by atoms with Crippen LogP contribution in [0.3, 0.4) is 0 Å². The van der Waals surface area contributed by atoms with Gasteiger partial charge in [0.1, 0.15) is 11.5 Å². The van der Waals surface area contributed by atoms with Gasteiger partial charge in [0.25, 0.3) is 0 Å². The number of phenolic OH excluding ortho intramolecular Hbond substituents is 2. The number of aromatic hydroxyl groups is 2. The molecule has 0 fully saturated rings. The average Bonchev–Trinajstić information content (AvgIpc) is 2.57. The van der Waals surface area contributed by atoms with E-state index in [4.69, 9.17) is 0 Å². The number of benzene rings is 2. The monoisotopic (exact) mass is 608 g/mol. The van der Waals surface area contributed by atoms with E-state index in [0.717, 1.165) is 8.95 Å². The van der Waals surface area contributed by atoms with Crippen molar-refractivity contribution in [2.75, 3.05) is 0 Å². The van der Waals surface area contributed by atoms with Crippen molar-refractivity contribution in [3.63, 3.8) is 0 Å². The molecule has 8 heteroatoms. The van der Waals surface area contributed by atoms with Crippen molar-refractivity contribution in [2.24, 2.45) is 9.98 Å². The number of phenols is 2. The van der Waals surface area contributed by atoms with Gasteiger partial charge in [0.2, 0.25) is 0 Å². The molecule has 0 amide bonds. The molecule has 0 heterocycles. The van der Waals surface area contributed by atoms with Gasteiger partial charge in [-0.15, -0.1) is 0 Å². The van der Waals surface area contributed by atoms with E-state index in [1.165, 1.54) is 0 Å². The largest absolute Gasteiger partial charge is 0.506 e. The van der Waals surface area contributed by atoms with Gasteiger partial charge in [-0.2, -0.15) is 0 Å². The first-order chi connectivity index (χ1) is 12.2. The number of hydrogen-bond acceptors (Lipinski definition) is 4. The van der Waals surface area contributed by atoms with E-state index < -0.39 is 0 Å². The van der Waals surface area contributed by atoms with Crippen molar-refractivity contribution in [1.82, 2.24) is 0 Å². The Kier molecular flexibility index (Phi) is 7.88. The van der Waals surface area contributed by atoms with Crippen LogP contribution in [-0.2, 0) is 0 Å². The predicted octanol–water partition coefficient (Wildman–Crippen LogP) is 6.46. The molecular weight excluding hydrogens is 596 g/mol. The molecule has 2 aromatic carbocycles. The quantitative estimate of drug-likeness (QED) is 0.381. The number of hydrogen-bond donors (Lipinski definition) is 2. The first kappa shape index (κ1) is 21.6. The van der Waals surface area contributed by atoms with Gasteiger partial charge < -0.3 is 10.2 Å². The van der Waals surface area contributed by atoms with Gasteiger partial charge in [-0.05, 0) is 70.0 Å². The van der Waals surface area contributed by atoms with E-state index >= 15 is 0 Å². The Hall–Kier alpha value is -0.700. The summed E-state index contributed by atoms with van der Waals surface area (Å²) in [5.41, 5.74) is 1.23. The number of halogens is 4. The second-order valence-corrected chi connectivity index (χ2v) is 9.23. The number of nitrogens with zero attached hydrogens (tertiary/aromatic N) is 2. The van der Waals surface area contributed by atoms with Gasteiger partial charge in [0.05, 0.1) is 21.0 Å². The first-order valence-electron chi connectivity index (χ1n) is 7.61. The third kappa shape index (κ3) is 5.65. The molecule has 2 rings (SSSR count). The lowest BCUT2D eigenvalue weighted by Gasteiger charge is -2.12. The summed E-state index contributed by atoms with van der Waals surface area (Å²) in [4.78, 5) is 8.97. The van der Waals surface area contributed by atoms with Gasteiger partial charge in [-0.1, -0.05) is 31.9 Å². The summed E-state index contributed by atoms with van der Waals surface area (Å²) in [5.74, 6) is 0.286. The predicted molar refractivity (Wildman–Crippen MR) is 121 cm³/mol. The molecule has 0 aliphatic heterocycles. The van der Waals surface area contributed by atoms with E-state index in [2.05, 4.69) is 73.7 Å². The molecule has 2 N–H and O–H groups in total. The first-order valence-corrected chi connectivity index (χ1v) is 10.8. The van der Waals surface area contributed by atoms with Crippen molar-refractivity contribution < 1.29 is 10.2 Å². The van der Waals surface area contributed by atoms with E-state index in [1.54, 1.807) is 36.7 Å². The zero-order valence-electron chi connectivity index (χ0n) is 13.9. The number of aliphatic imine (C=N–C) groups is 2. The van der Waals surface area contributed by atoms with E-state index in [-0.39, 0.29) is 23.6 Å². The van der Waals surface area contributed by atoms with Crippen LogP contribution in [0.25, 0.3) is 0 Å². The highest BCUT2D eigenvalue weighted by atomic mass is 79.9. The van der Waals surface area contributed by atoms with Crippen molar-refractivity contribution in [2.45, 2.75) is 25.9 Å². The highest BCUT2D eigenvalue weighted by molar-refractivity contribution is 9.11. The fourth-order valence-electron chi connectivity index (χ4n) is 2.01. The van der Waals surface area contributed by atoms with Crippen LogP contribution in [0.5, 0.6) is 11.5 Å². The Bertz CT molecular complexity index is 797. The summed E-state index contributed by atoms with van der Waals surface area (Å²) in [7, 11) is 0. The lowest BCUT2D eigenvalue weighted by atomic mass is 10.1. The molecule has 0 spiro atoms. The Balaban J connectivity index is 2.14. The molecule has 0 aliphatic rings. The molecule has 2 atom stereocenters. The molecule has 4 nitrogen and oxygen atoms in total. The Morgan fingerprint density at radius 2 is 1.08 bits per heavy atom. The molecule has 2 aromatic rings. The molecule has 0 bridgehead atoms. The fraction of sp³-hybridized carbons (Fsp3) is 0.222. The van der Waals surface area contributed by atoms with Gasteiger partial charge in [0, 0.05) is 32.5 Å². The van der Waals surface area contributed by atoms with Crippen molar-refractivity contribution >= 4 is 76.1 Å². The van der Waals surface area contributed by atoms with E-state index in [1.807, 2.05) is 13.8 Å². The van der Waals surface area contributed by atoms with Crippen LogP contribution in [-0.4, -0.2) is 34.7 Å². The van der Waals surface area contributed by atoms with Crippen molar-refractivity contribution in [3.05, 3.63) is 53.3 Å². The molecule has 0 saturated carbocycles. The van der Waals surface area contributed by atoms with Gasteiger partial charge in [0.15, 0.2) is 0 Å². The summed E-state index contributed by atoms with van der Waals surface area (Å²) in [6, 6.07) is 6.90. The fourth-order valence-corrected chi connectivity index (χ4v) is 4.53. The van der Waals surface area contributed by atoms with Gasteiger partial charge >= 0.3 is 0 Å². The standard InChI is InChI=1S/C18H16Br4N2O2/c1-9(23-7-11-3-13(19)5-15(21)17(11)25)10(2)24-8-12-4-14(20)6-16(22)18(12)26/h3-10,25-26H,1-2H3/t9-,10-/m0/s1. The molecule has 0 saturated heterocycles. The SMILES string of the molecule is C[C@H](N=Cc1cc(Br)cc(Br)c1O)[C@H](C)N=Cc1cc(Br)cc(Br)c1O. The van der Waals surface area contributed by atoms with Gasteiger partial charge in [-0.3, -0.25) is 9.98 Å². The maximum Gasteiger partial charge on any atom is 0.138 e. The minimum absolute atomic E-state index is 0.110. The van der Waals surface area contributed by atoms with Crippen LogP contribution in [0.15, 0.2) is 52.1 Å². The summed E-state index contributed by atoms with van der Waals surface area (Å²) in [6.07, 6.45) is 3.27. The van der Waals surface area contributed by atoms with Crippen molar-refractivity contribution in [1.29, 1.82) is 0 Å². The molecule has 26 heavy (non-hydrogen) atoms. The second-order valence-electron chi connectivity index (χ2n) is 5.69. The summed E-state index contributed by atoms with van der Waals surface area (Å²) in [6.45, 7) is 3.89. The molecule has 0 radical (unpaired) electrons. The van der Waals surface area contributed by atoms with Crippen LogP contribution in [0, 0.1) is 0 Å². The molecule has 0 unspecified atom stereocenters. The Labute approximate surface area is 186 Å². The summed E-state index contributed by atoms with van der Waals surface area (Å²) in [5, 5.41) is 20.2. The van der Waals surface area contributed by atoms with Crippen molar-refractivity contribution in [3.8, 4) is 11.5 Å². The maximum absolute atomic E-state index is 10.1. The zero-order chi connectivity index (χ0) is 19.4. The van der Waals surface area contributed by atoms with Crippen LogP contribution in [0.1, 0.15) is 25.0 Å². The third-order valence-electron chi connectivity index (χ3n) is 3.71. The normalized spacial score (nSPS) is 14.2. The van der Waals surface area contributed by atoms with E-state index in [9.17, 15) is 10.2 Å². The van der Waals surface area contributed by atoms with E-state index in [0.29, 0.717) is 20.1 Å². The lowest BCUT2D eigenvalue weighted by Crippen LogP contribution is -2.16. The second kappa shape index (κ2) is 9.48. The van der Waals surface area contributed by atoms with Crippen LogP contribution in [0.4, 0.5) is 0 Å². The Morgan fingerprint density at radius 3 is 1.42 bits per heavy atom. The molecule has 0 aliphatic carbocycles.